The van der Waals surface area contributed by atoms with Crippen molar-refractivity contribution in [2.45, 2.75) is 18.8 Å². The molecule has 0 saturated heterocycles. The average Bonchev–Trinajstić information content (AvgIpc) is 2.73. The molecule has 0 radical (unpaired) electrons. The minimum absolute atomic E-state index is 0.0553. The van der Waals surface area contributed by atoms with Gasteiger partial charge in [0.15, 0.2) is 0 Å². The molecule has 2 rings (SSSR count). The number of aromatic nitrogens is 2. The van der Waals surface area contributed by atoms with E-state index in [0.29, 0.717) is 0 Å². The summed E-state index contributed by atoms with van der Waals surface area (Å²) >= 11 is 0. The van der Waals surface area contributed by atoms with Gasteiger partial charge in [0.25, 0.3) is 0 Å². The van der Waals surface area contributed by atoms with Crippen LogP contribution in [0.1, 0.15) is 24.5 Å². The van der Waals surface area contributed by atoms with Crippen molar-refractivity contribution in [1.29, 1.82) is 0 Å². The number of nitrogens with zero attached hydrogens (tertiary/aromatic N) is 2. The van der Waals surface area contributed by atoms with E-state index in [9.17, 15) is 12.9 Å². The maximum atomic E-state index is 12.5. The molecule has 13 heavy (non-hydrogen) atoms. The quantitative estimate of drug-likeness (QED) is 0.642. The third kappa shape index (κ3) is 1.57. The number of hydrogen-bond acceptors (Lipinski definition) is 1. The predicted molar refractivity (Wildman–Crippen MR) is 43.9 cm³/mol. The Hall–Kier alpha value is -0.935. The molecule has 0 aromatic carbocycles. The third-order valence-electron chi connectivity index (χ3n) is 2.20. The zero-order valence-corrected chi connectivity index (χ0v) is 7.17. The lowest BCUT2D eigenvalue weighted by molar-refractivity contribution is 0.500. The van der Waals surface area contributed by atoms with Crippen LogP contribution in [0.15, 0.2) is 6.20 Å². The van der Waals surface area contributed by atoms with E-state index in [2.05, 4.69) is 5.10 Å². The number of halogens is 3. The first-order valence-electron chi connectivity index (χ1n) is 4.22. The van der Waals surface area contributed by atoms with Crippen LogP contribution in [0.3, 0.4) is 0 Å². The van der Waals surface area contributed by atoms with Gasteiger partial charge in [0.05, 0.1) is 0 Å². The van der Waals surface area contributed by atoms with E-state index in [-0.39, 0.29) is 11.6 Å². The van der Waals surface area contributed by atoms with Crippen molar-refractivity contribution in [3.8, 4) is 0 Å². The summed E-state index contributed by atoms with van der Waals surface area (Å²) in [5.74, 6) is 0.0553. The molecule has 0 unspecified atom stereocenters. The van der Waals surface area contributed by atoms with E-state index in [1.807, 2.05) is 0 Å². The van der Waals surface area contributed by atoms with Gasteiger partial charge in [0, 0.05) is 18.7 Å². The molecule has 0 bridgehead atoms. The maximum Gasteiger partial charge on any atom is 0.512 e. The topological polar surface area (TPSA) is 17.8 Å². The van der Waals surface area contributed by atoms with Crippen molar-refractivity contribution in [3.05, 3.63) is 11.9 Å². The van der Waals surface area contributed by atoms with Crippen LogP contribution >= 0.6 is 0 Å². The minimum atomic E-state index is -4.89. The van der Waals surface area contributed by atoms with Gasteiger partial charge >= 0.3 is 6.98 Å². The molecule has 1 heterocycles. The zero-order chi connectivity index (χ0) is 9.64. The molecule has 72 valence electrons. The summed E-state index contributed by atoms with van der Waals surface area (Å²) in [6, 6.07) is 0. The van der Waals surface area contributed by atoms with Crippen LogP contribution in [-0.4, -0.2) is 16.8 Å². The van der Waals surface area contributed by atoms with Gasteiger partial charge in [-0.25, -0.2) is 0 Å². The van der Waals surface area contributed by atoms with Crippen molar-refractivity contribution < 1.29 is 12.9 Å². The fourth-order valence-electron chi connectivity index (χ4n) is 1.45. The van der Waals surface area contributed by atoms with Crippen LogP contribution in [0, 0.1) is 0 Å². The maximum absolute atomic E-state index is 12.5. The normalized spacial score (nSPS) is 17.8. The summed E-state index contributed by atoms with van der Waals surface area (Å²) in [5.41, 5.74) is -0.264. The Bertz CT molecular complexity index is 327. The van der Waals surface area contributed by atoms with Crippen LogP contribution in [0.2, 0.25) is 0 Å². The molecule has 2 nitrogen and oxygen atoms in total. The molecule has 0 atom stereocenters. The summed E-state index contributed by atoms with van der Waals surface area (Å²) in [5, 5.41) is 3.85. The molecular weight excluding hydrogens is 180 g/mol. The molecule has 1 saturated carbocycles. The van der Waals surface area contributed by atoms with Crippen molar-refractivity contribution >= 4 is 12.4 Å². The van der Waals surface area contributed by atoms with Crippen molar-refractivity contribution in [2.75, 3.05) is 0 Å². The van der Waals surface area contributed by atoms with Gasteiger partial charge in [-0.15, -0.1) is 0 Å². The van der Waals surface area contributed by atoms with E-state index < -0.39 is 12.4 Å². The number of hydrogen-bond donors (Lipinski definition) is 0. The second-order valence-corrected chi connectivity index (χ2v) is 3.49. The Labute approximate surface area is 73.8 Å². The molecule has 1 aromatic rings. The Morgan fingerprint density at radius 3 is 2.54 bits per heavy atom. The highest BCUT2D eigenvalue weighted by atomic mass is 19.4. The minimum Gasteiger partial charge on any atom is -0.445 e. The number of aryl methyl sites for hydroxylation is 1. The molecule has 0 amide bonds. The first-order valence-corrected chi connectivity index (χ1v) is 4.22. The first-order chi connectivity index (χ1) is 5.98. The highest BCUT2D eigenvalue weighted by molar-refractivity contribution is 6.73. The first kappa shape index (κ1) is 8.65. The fourth-order valence-corrected chi connectivity index (χ4v) is 1.45. The van der Waals surface area contributed by atoms with Crippen LogP contribution in [0.25, 0.3) is 0 Å². The Kier molecular flexibility index (Phi) is 1.68. The lowest BCUT2D eigenvalue weighted by Crippen LogP contribution is -2.35. The summed E-state index contributed by atoms with van der Waals surface area (Å²) in [7, 11) is 1.52. The van der Waals surface area contributed by atoms with Crippen molar-refractivity contribution in [3.63, 3.8) is 0 Å². The van der Waals surface area contributed by atoms with E-state index in [1.54, 1.807) is 0 Å². The van der Waals surface area contributed by atoms with Crippen LogP contribution in [0.5, 0.6) is 0 Å². The molecule has 0 N–H and O–H groups in total. The molecule has 1 aliphatic rings. The Balaban J connectivity index is 2.42. The smallest absolute Gasteiger partial charge is 0.445 e. The highest BCUT2D eigenvalue weighted by Crippen LogP contribution is 2.39. The number of rotatable bonds is 2. The highest BCUT2D eigenvalue weighted by Gasteiger charge is 2.36. The predicted octanol–water partition coefficient (Wildman–Crippen LogP) is 1.35. The Morgan fingerprint density at radius 1 is 1.46 bits per heavy atom. The van der Waals surface area contributed by atoms with Crippen LogP contribution < -0.4 is 5.46 Å². The average molecular weight is 189 g/mol. The monoisotopic (exact) mass is 189 g/mol. The van der Waals surface area contributed by atoms with E-state index in [0.717, 1.165) is 19.0 Å². The Morgan fingerprint density at radius 2 is 2.08 bits per heavy atom. The summed E-state index contributed by atoms with van der Waals surface area (Å²) in [6.07, 6.45) is 2.76. The fraction of sp³-hybridized carbons (Fsp3) is 0.571. The second-order valence-electron chi connectivity index (χ2n) is 3.49. The zero-order valence-electron chi connectivity index (χ0n) is 7.17. The van der Waals surface area contributed by atoms with Gasteiger partial charge < -0.3 is 12.9 Å². The molecule has 0 spiro atoms. The molecule has 0 aliphatic heterocycles. The standard InChI is InChI=1S/C7H9BF3N2/c1-13-4-6(8(9,10)11)7(12-13)5-2-3-5/h4-5H,2-3H2,1H3/q-1. The van der Waals surface area contributed by atoms with Crippen molar-refractivity contribution in [1.82, 2.24) is 9.78 Å². The van der Waals surface area contributed by atoms with E-state index in [1.165, 1.54) is 11.7 Å². The van der Waals surface area contributed by atoms with Gasteiger partial charge in [0.2, 0.25) is 0 Å². The van der Waals surface area contributed by atoms with Gasteiger partial charge in [-0.3, -0.25) is 4.68 Å². The molecule has 6 heteroatoms. The molecule has 1 aliphatic carbocycles. The van der Waals surface area contributed by atoms with Gasteiger partial charge in [-0.2, -0.15) is 5.10 Å². The van der Waals surface area contributed by atoms with Gasteiger partial charge in [-0.1, -0.05) is 5.46 Å². The molecular formula is C7H9BF3N2-. The van der Waals surface area contributed by atoms with Crippen LogP contribution in [0.4, 0.5) is 12.9 Å². The SMILES string of the molecule is Cn1cc([B-](F)(F)F)c(C2CC2)n1. The second kappa shape index (κ2) is 2.53. The van der Waals surface area contributed by atoms with Gasteiger partial charge in [0.1, 0.15) is 0 Å². The lowest BCUT2D eigenvalue weighted by atomic mass is 9.79. The van der Waals surface area contributed by atoms with Crippen LogP contribution in [-0.2, 0) is 7.05 Å². The summed E-state index contributed by atoms with van der Waals surface area (Å²) in [4.78, 5) is 0. The summed E-state index contributed by atoms with van der Waals surface area (Å²) in [6.45, 7) is -4.89. The summed E-state index contributed by atoms with van der Waals surface area (Å²) < 4.78 is 38.6. The lowest BCUT2D eigenvalue weighted by Gasteiger charge is -2.13. The van der Waals surface area contributed by atoms with E-state index in [4.69, 9.17) is 0 Å². The third-order valence-corrected chi connectivity index (χ3v) is 2.20. The van der Waals surface area contributed by atoms with Crippen molar-refractivity contribution in [2.24, 2.45) is 7.05 Å². The molecule has 1 aromatic heterocycles. The van der Waals surface area contributed by atoms with Gasteiger partial charge in [-0.05, 0) is 19.0 Å². The van der Waals surface area contributed by atoms with E-state index >= 15 is 0 Å². The largest absolute Gasteiger partial charge is 0.512 e. The molecule has 1 fully saturated rings.